The van der Waals surface area contributed by atoms with Crippen molar-refractivity contribution in [2.75, 3.05) is 0 Å². The third kappa shape index (κ3) is 2.07. The van der Waals surface area contributed by atoms with E-state index in [1.165, 1.54) is 11.1 Å². The summed E-state index contributed by atoms with van der Waals surface area (Å²) in [6.45, 7) is 0. The first-order valence-corrected chi connectivity index (χ1v) is 5.16. The van der Waals surface area contributed by atoms with Crippen LogP contribution in [0.4, 0.5) is 0 Å². The van der Waals surface area contributed by atoms with Crippen LogP contribution in [0.1, 0.15) is 0 Å². The van der Waals surface area contributed by atoms with Crippen LogP contribution in [-0.4, -0.2) is 7.85 Å². The predicted octanol–water partition coefficient (Wildman–Crippen LogP) is 2.91. The highest BCUT2D eigenvalue weighted by molar-refractivity contribution is 9.10. The summed E-state index contributed by atoms with van der Waals surface area (Å²) in [5.41, 5.74) is 3.19. The first kappa shape index (κ1) is 9.54. The Morgan fingerprint density at radius 2 is 1.14 bits per heavy atom. The van der Waals surface area contributed by atoms with Gasteiger partial charge in [0.1, 0.15) is 7.85 Å². The van der Waals surface area contributed by atoms with Crippen LogP contribution in [0.15, 0.2) is 53.0 Å². The van der Waals surface area contributed by atoms with Crippen molar-refractivity contribution in [2.45, 2.75) is 0 Å². The monoisotopic (exact) mass is 242 g/mol. The van der Waals surface area contributed by atoms with Gasteiger partial charge in [-0.05, 0) is 23.3 Å². The van der Waals surface area contributed by atoms with Gasteiger partial charge in [0.2, 0.25) is 0 Å². The molecule has 0 aliphatic heterocycles. The lowest BCUT2D eigenvalue weighted by Gasteiger charge is -2.02. The van der Waals surface area contributed by atoms with Gasteiger partial charge in [-0.1, -0.05) is 57.8 Å². The van der Waals surface area contributed by atoms with Crippen LogP contribution in [0.5, 0.6) is 0 Å². The van der Waals surface area contributed by atoms with Gasteiger partial charge in [0.25, 0.3) is 0 Å². The molecule has 2 aromatic carbocycles. The van der Waals surface area contributed by atoms with Gasteiger partial charge in [-0.3, -0.25) is 0 Å². The van der Waals surface area contributed by atoms with Crippen molar-refractivity contribution >= 4 is 29.2 Å². The second kappa shape index (κ2) is 4.01. The fourth-order valence-corrected chi connectivity index (χ4v) is 1.58. The molecule has 0 bridgehead atoms. The Bertz CT molecular complexity index is 374. The molecule has 66 valence electrons. The number of halogens is 1. The molecule has 2 heteroatoms. The molecule has 2 rings (SSSR count). The second-order valence-electron chi connectivity index (χ2n) is 3.13. The van der Waals surface area contributed by atoms with Gasteiger partial charge in [-0.15, -0.1) is 0 Å². The van der Waals surface area contributed by atoms with E-state index in [2.05, 4.69) is 28.1 Å². The molecular formula is C12H8BBr. The highest BCUT2D eigenvalue weighted by Gasteiger charge is 1.95. The lowest BCUT2D eigenvalue weighted by Crippen LogP contribution is -1.98. The molecule has 0 saturated heterocycles. The van der Waals surface area contributed by atoms with Gasteiger partial charge < -0.3 is 0 Å². The van der Waals surface area contributed by atoms with Crippen molar-refractivity contribution in [1.82, 2.24) is 0 Å². The minimum absolute atomic E-state index is 0.797. The summed E-state index contributed by atoms with van der Waals surface area (Å²) < 4.78 is 1.09. The first-order chi connectivity index (χ1) is 6.75. The quantitative estimate of drug-likeness (QED) is 0.675. The van der Waals surface area contributed by atoms with Gasteiger partial charge >= 0.3 is 0 Å². The average Bonchev–Trinajstić information content (AvgIpc) is 2.21. The zero-order chi connectivity index (χ0) is 9.97. The summed E-state index contributed by atoms with van der Waals surface area (Å²) in [6, 6.07) is 16.1. The number of hydrogen-bond acceptors (Lipinski definition) is 0. The third-order valence-corrected chi connectivity index (χ3v) is 2.62. The maximum atomic E-state index is 5.62. The summed E-state index contributed by atoms with van der Waals surface area (Å²) in [4.78, 5) is 0. The standard InChI is InChI=1S/C12H8BBr/c13-11-5-1-9(2-6-11)10-3-7-12(14)8-4-10/h1-8H. The molecule has 0 aromatic heterocycles. The van der Waals surface area contributed by atoms with Crippen LogP contribution in [-0.2, 0) is 0 Å². The highest BCUT2D eigenvalue weighted by atomic mass is 79.9. The normalized spacial score (nSPS) is 10.1. The summed E-state index contributed by atoms with van der Waals surface area (Å²) in [5, 5.41) is 0. The minimum Gasteiger partial charge on any atom is -0.0966 e. The summed E-state index contributed by atoms with van der Waals surface area (Å²) in [5.74, 6) is 0. The number of hydrogen-bond donors (Lipinski definition) is 0. The van der Waals surface area contributed by atoms with Gasteiger partial charge in [-0.25, -0.2) is 0 Å². The van der Waals surface area contributed by atoms with Crippen molar-refractivity contribution < 1.29 is 0 Å². The van der Waals surface area contributed by atoms with Gasteiger partial charge in [0.15, 0.2) is 0 Å². The van der Waals surface area contributed by atoms with Crippen LogP contribution in [0.3, 0.4) is 0 Å². The third-order valence-electron chi connectivity index (χ3n) is 2.09. The fraction of sp³-hybridized carbons (Fsp3) is 0. The Morgan fingerprint density at radius 1 is 0.714 bits per heavy atom. The van der Waals surface area contributed by atoms with Gasteiger partial charge in [-0.2, -0.15) is 0 Å². The van der Waals surface area contributed by atoms with Crippen LogP contribution in [0, 0.1) is 0 Å². The zero-order valence-electron chi connectivity index (χ0n) is 7.57. The Labute approximate surface area is 93.5 Å². The lowest BCUT2D eigenvalue weighted by atomic mass is 9.94. The molecule has 0 N–H and O–H groups in total. The first-order valence-electron chi connectivity index (χ1n) is 4.37. The van der Waals surface area contributed by atoms with Crippen molar-refractivity contribution in [1.29, 1.82) is 0 Å². The van der Waals surface area contributed by atoms with E-state index >= 15 is 0 Å². The summed E-state index contributed by atoms with van der Waals surface area (Å²) in [7, 11) is 5.62. The SMILES string of the molecule is [B]c1ccc(-c2ccc(Br)cc2)cc1. The van der Waals surface area contributed by atoms with Crippen molar-refractivity contribution in [3.8, 4) is 11.1 Å². The maximum absolute atomic E-state index is 5.62. The topological polar surface area (TPSA) is 0 Å². The Morgan fingerprint density at radius 3 is 1.64 bits per heavy atom. The summed E-state index contributed by atoms with van der Waals surface area (Å²) >= 11 is 3.41. The van der Waals surface area contributed by atoms with Crippen LogP contribution in [0.2, 0.25) is 0 Å². The van der Waals surface area contributed by atoms with Crippen LogP contribution >= 0.6 is 15.9 Å². The Balaban J connectivity index is 2.40. The van der Waals surface area contributed by atoms with E-state index in [0.29, 0.717) is 0 Å². The van der Waals surface area contributed by atoms with E-state index in [1.807, 2.05) is 36.4 Å². The van der Waals surface area contributed by atoms with Gasteiger partial charge in [0, 0.05) is 4.47 Å². The number of benzene rings is 2. The molecule has 0 nitrogen and oxygen atoms in total. The van der Waals surface area contributed by atoms with Crippen molar-refractivity contribution in [3.05, 3.63) is 53.0 Å². The van der Waals surface area contributed by atoms with E-state index in [9.17, 15) is 0 Å². The molecule has 0 fully saturated rings. The van der Waals surface area contributed by atoms with Crippen LogP contribution in [0.25, 0.3) is 11.1 Å². The molecular weight excluding hydrogens is 235 g/mol. The molecule has 0 heterocycles. The zero-order valence-corrected chi connectivity index (χ0v) is 9.16. The molecule has 0 amide bonds. The molecule has 0 aliphatic carbocycles. The molecule has 0 saturated carbocycles. The smallest absolute Gasteiger partial charge is 0.0966 e. The van der Waals surface area contributed by atoms with E-state index < -0.39 is 0 Å². The molecule has 14 heavy (non-hydrogen) atoms. The largest absolute Gasteiger partial charge is 0.113 e. The molecule has 0 atom stereocenters. The maximum Gasteiger partial charge on any atom is 0.113 e. The number of rotatable bonds is 1. The van der Waals surface area contributed by atoms with Crippen LogP contribution < -0.4 is 5.46 Å². The van der Waals surface area contributed by atoms with E-state index in [-0.39, 0.29) is 0 Å². The summed E-state index contributed by atoms with van der Waals surface area (Å²) in [6.07, 6.45) is 0. The van der Waals surface area contributed by atoms with Gasteiger partial charge in [0.05, 0.1) is 0 Å². The average molecular weight is 243 g/mol. The Kier molecular flexibility index (Phi) is 2.73. The fourth-order valence-electron chi connectivity index (χ4n) is 1.32. The van der Waals surface area contributed by atoms with E-state index in [4.69, 9.17) is 7.85 Å². The molecule has 2 aromatic rings. The molecule has 0 spiro atoms. The van der Waals surface area contributed by atoms with E-state index in [1.54, 1.807) is 0 Å². The Hall–Kier alpha value is -1.02. The minimum atomic E-state index is 0.797. The van der Waals surface area contributed by atoms with Crippen molar-refractivity contribution in [3.63, 3.8) is 0 Å². The lowest BCUT2D eigenvalue weighted by molar-refractivity contribution is 1.61. The molecule has 0 aliphatic rings. The molecule has 0 unspecified atom stereocenters. The molecule has 2 radical (unpaired) electrons. The second-order valence-corrected chi connectivity index (χ2v) is 4.04. The van der Waals surface area contributed by atoms with Crippen molar-refractivity contribution in [2.24, 2.45) is 0 Å². The predicted molar refractivity (Wildman–Crippen MR) is 65.0 cm³/mol. The highest BCUT2D eigenvalue weighted by Crippen LogP contribution is 2.20. The van der Waals surface area contributed by atoms with E-state index in [0.717, 1.165) is 9.94 Å².